The first-order valence-electron chi connectivity index (χ1n) is 10.9. The minimum atomic E-state index is 0.533. The molecular weight excluding hydrogens is 370 g/mol. The maximum absolute atomic E-state index is 6.15. The van der Waals surface area contributed by atoms with Gasteiger partial charge in [0.15, 0.2) is 0 Å². The summed E-state index contributed by atoms with van der Waals surface area (Å²) in [6, 6.07) is 25.9. The fourth-order valence-electron chi connectivity index (χ4n) is 4.81. The Labute approximate surface area is 178 Å². The Bertz CT molecular complexity index is 971. The van der Waals surface area contributed by atoms with Gasteiger partial charge < -0.3 is 15.4 Å². The molecule has 4 nitrogen and oxygen atoms in total. The number of rotatable bonds is 5. The lowest BCUT2D eigenvalue weighted by molar-refractivity contribution is 0.261. The Morgan fingerprint density at radius 3 is 2.67 bits per heavy atom. The summed E-state index contributed by atoms with van der Waals surface area (Å²) in [5, 5.41) is 0. The van der Waals surface area contributed by atoms with Crippen molar-refractivity contribution in [2.24, 2.45) is 0 Å². The van der Waals surface area contributed by atoms with E-state index in [0.29, 0.717) is 12.6 Å². The number of nitrogen functional groups attached to an aromatic ring is 1. The molecule has 2 aliphatic rings. The maximum atomic E-state index is 6.15. The van der Waals surface area contributed by atoms with Gasteiger partial charge in [-0.05, 0) is 61.7 Å². The lowest BCUT2D eigenvalue weighted by Gasteiger charge is -2.32. The molecule has 0 aromatic heterocycles. The number of hydrogen-bond acceptors (Lipinski definition) is 4. The molecule has 5 rings (SSSR count). The molecule has 1 atom stereocenters. The zero-order valence-electron chi connectivity index (χ0n) is 17.3. The van der Waals surface area contributed by atoms with Crippen molar-refractivity contribution in [2.75, 3.05) is 30.3 Å². The van der Waals surface area contributed by atoms with Gasteiger partial charge in [0.05, 0.1) is 5.69 Å². The number of hydrogen-bond donors (Lipinski definition) is 1. The van der Waals surface area contributed by atoms with Crippen LogP contribution in [0.2, 0.25) is 0 Å². The highest BCUT2D eigenvalue weighted by Crippen LogP contribution is 2.40. The molecule has 2 heterocycles. The average Bonchev–Trinajstić information content (AvgIpc) is 3.15. The number of para-hydroxylation sites is 3. The molecule has 3 aromatic rings. The van der Waals surface area contributed by atoms with Crippen molar-refractivity contribution in [2.45, 2.75) is 31.9 Å². The molecule has 3 aromatic carbocycles. The molecule has 0 radical (unpaired) electrons. The van der Waals surface area contributed by atoms with E-state index in [4.69, 9.17) is 10.5 Å². The molecule has 2 aliphatic heterocycles. The second-order valence-electron chi connectivity index (χ2n) is 8.32. The SMILES string of the molecule is Nc1cccc(CCN2CCC[C@@H]2CN2c3ccccc3COc3ccccc32)c1. The van der Waals surface area contributed by atoms with Crippen molar-refractivity contribution < 1.29 is 4.74 Å². The monoisotopic (exact) mass is 399 g/mol. The van der Waals surface area contributed by atoms with E-state index in [2.05, 4.69) is 76.5 Å². The van der Waals surface area contributed by atoms with Gasteiger partial charge in [0.2, 0.25) is 0 Å². The van der Waals surface area contributed by atoms with Crippen LogP contribution in [-0.4, -0.2) is 30.6 Å². The Hall–Kier alpha value is -2.98. The highest BCUT2D eigenvalue weighted by molar-refractivity contribution is 5.72. The Kier molecular flexibility index (Phi) is 5.33. The summed E-state index contributed by atoms with van der Waals surface area (Å²) in [4.78, 5) is 5.13. The van der Waals surface area contributed by atoms with Crippen LogP contribution in [0.3, 0.4) is 0 Å². The zero-order valence-corrected chi connectivity index (χ0v) is 17.3. The summed E-state index contributed by atoms with van der Waals surface area (Å²) < 4.78 is 6.15. The van der Waals surface area contributed by atoms with Crippen LogP contribution >= 0.6 is 0 Å². The number of nitrogens with zero attached hydrogens (tertiary/aromatic N) is 2. The first-order chi connectivity index (χ1) is 14.8. The molecule has 4 heteroatoms. The third kappa shape index (κ3) is 3.88. The quantitative estimate of drug-likeness (QED) is 0.613. The zero-order chi connectivity index (χ0) is 20.3. The number of anilines is 3. The van der Waals surface area contributed by atoms with Crippen LogP contribution in [0, 0.1) is 0 Å². The summed E-state index contributed by atoms with van der Waals surface area (Å²) in [5.41, 5.74) is 11.8. The van der Waals surface area contributed by atoms with Gasteiger partial charge >= 0.3 is 0 Å². The number of likely N-dealkylation sites (tertiary alicyclic amines) is 1. The first kappa shape index (κ1) is 19.0. The van der Waals surface area contributed by atoms with Crippen molar-refractivity contribution in [1.82, 2.24) is 4.90 Å². The number of nitrogens with two attached hydrogens (primary N) is 1. The van der Waals surface area contributed by atoms with E-state index in [-0.39, 0.29) is 0 Å². The third-order valence-electron chi connectivity index (χ3n) is 6.35. The van der Waals surface area contributed by atoms with Gasteiger partial charge in [0.25, 0.3) is 0 Å². The Morgan fingerprint density at radius 1 is 0.933 bits per heavy atom. The molecule has 0 aliphatic carbocycles. The fourth-order valence-corrected chi connectivity index (χ4v) is 4.81. The molecule has 30 heavy (non-hydrogen) atoms. The van der Waals surface area contributed by atoms with Crippen LogP contribution in [0.4, 0.5) is 17.1 Å². The molecule has 1 fully saturated rings. The number of fused-ring (bicyclic) bond motifs is 2. The minimum absolute atomic E-state index is 0.533. The predicted molar refractivity (Wildman–Crippen MR) is 123 cm³/mol. The van der Waals surface area contributed by atoms with E-state index >= 15 is 0 Å². The minimum Gasteiger partial charge on any atom is -0.487 e. The molecule has 0 amide bonds. The number of ether oxygens (including phenoxy) is 1. The van der Waals surface area contributed by atoms with Gasteiger partial charge in [-0.15, -0.1) is 0 Å². The molecule has 0 bridgehead atoms. The van der Waals surface area contributed by atoms with E-state index < -0.39 is 0 Å². The summed E-state index contributed by atoms with van der Waals surface area (Å²) in [6.07, 6.45) is 3.53. The molecule has 0 spiro atoms. The van der Waals surface area contributed by atoms with Crippen LogP contribution in [0.1, 0.15) is 24.0 Å². The van der Waals surface area contributed by atoms with Gasteiger partial charge in [-0.25, -0.2) is 0 Å². The highest BCUT2D eigenvalue weighted by Gasteiger charge is 2.29. The van der Waals surface area contributed by atoms with Crippen LogP contribution < -0.4 is 15.4 Å². The topological polar surface area (TPSA) is 41.7 Å². The largest absolute Gasteiger partial charge is 0.487 e. The lowest BCUT2D eigenvalue weighted by Crippen LogP contribution is -2.39. The van der Waals surface area contributed by atoms with E-state index in [1.165, 1.54) is 41.9 Å². The second-order valence-corrected chi connectivity index (χ2v) is 8.32. The fraction of sp³-hybridized carbons (Fsp3) is 0.308. The standard InChI is InChI=1S/C26H29N3O/c27-22-9-5-7-20(17-22)14-16-28-15-6-10-23(28)18-29-24-11-2-1-8-21(24)19-30-26-13-4-3-12-25(26)29/h1-5,7-9,11-13,17,23H,6,10,14-16,18-19,27H2/t23-/m1/s1. The van der Waals surface area contributed by atoms with Gasteiger partial charge in [0, 0.05) is 36.1 Å². The van der Waals surface area contributed by atoms with Gasteiger partial charge in [0.1, 0.15) is 12.4 Å². The third-order valence-corrected chi connectivity index (χ3v) is 6.35. The first-order valence-corrected chi connectivity index (χ1v) is 10.9. The smallest absolute Gasteiger partial charge is 0.143 e. The van der Waals surface area contributed by atoms with Crippen LogP contribution in [0.25, 0.3) is 0 Å². The normalized spacial score (nSPS) is 18.4. The average molecular weight is 400 g/mol. The number of benzene rings is 3. The molecule has 0 unspecified atom stereocenters. The van der Waals surface area contributed by atoms with Crippen molar-refractivity contribution in [3.63, 3.8) is 0 Å². The summed E-state index contributed by atoms with van der Waals surface area (Å²) in [5.74, 6) is 0.970. The second kappa shape index (κ2) is 8.41. The highest BCUT2D eigenvalue weighted by atomic mass is 16.5. The molecule has 154 valence electrons. The molecule has 1 saturated heterocycles. The van der Waals surface area contributed by atoms with Gasteiger partial charge in [-0.2, -0.15) is 0 Å². The van der Waals surface area contributed by atoms with E-state index in [1.807, 2.05) is 6.07 Å². The molecule has 2 N–H and O–H groups in total. The van der Waals surface area contributed by atoms with Crippen molar-refractivity contribution >= 4 is 17.1 Å². The summed E-state index contributed by atoms with van der Waals surface area (Å²) in [7, 11) is 0. The predicted octanol–water partition coefficient (Wildman–Crippen LogP) is 5.01. The van der Waals surface area contributed by atoms with E-state index in [1.54, 1.807) is 0 Å². The van der Waals surface area contributed by atoms with Crippen LogP contribution in [0.5, 0.6) is 5.75 Å². The van der Waals surface area contributed by atoms with Crippen molar-refractivity contribution in [3.8, 4) is 5.75 Å². The van der Waals surface area contributed by atoms with Crippen molar-refractivity contribution in [1.29, 1.82) is 0 Å². The van der Waals surface area contributed by atoms with Crippen LogP contribution in [0.15, 0.2) is 72.8 Å². The lowest BCUT2D eigenvalue weighted by atomic mass is 10.1. The molecule has 0 saturated carbocycles. The maximum Gasteiger partial charge on any atom is 0.143 e. The van der Waals surface area contributed by atoms with E-state index in [0.717, 1.165) is 30.9 Å². The summed E-state index contributed by atoms with van der Waals surface area (Å²) in [6.45, 7) is 3.84. The van der Waals surface area contributed by atoms with Crippen molar-refractivity contribution in [3.05, 3.63) is 83.9 Å². The van der Waals surface area contributed by atoms with Gasteiger partial charge in [-0.3, -0.25) is 4.90 Å². The van der Waals surface area contributed by atoms with E-state index in [9.17, 15) is 0 Å². The van der Waals surface area contributed by atoms with Crippen LogP contribution in [-0.2, 0) is 13.0 Å². The summed E-state index contributed by atoms with van der Waals surface area (Å²) >= 11 is 0. The Morgan fingerprint density at radius 2 is 1.77 bits per heavy atom. The van der Waals surface area contributed by atoms with Gasteiger partial charge in [-0.1, -0.05) is 42.5 Å². The Balaban J connectivity index is 1.38. The molecular formula is C26H29N3O.